The standard InChI is InChI=1S/C18H18N2O5/c1-25-13-8-6-12(7-9-13)16(21)19-10-11-20-17(22)14-4-2-3-5-15(14)18(23)24/h2-9H,10-11H2,1H3,(H,19,21)(H,20,22)(H,23,24). The summed E-state index contributed by atoms with van der Waals surface area (Å²) in [5.41, 5.74) is 0.488. The highest BCUT2D eigenvalue weighted by Crippen LogP contribution is 2.11. The third-order valence-corrected chi connectivity index (χ3v) is 3.45. The molecular weight excluding hydrogens is 324 g/mol. The minimum absolute atomic E-state index is 0.0673. The van der Waals surface area contributed by atoms with Gasteiger partial charge in [-0.1, -0.05) is 12.1 Å². The first-order valence-electron chi connectivity index (χ1n) is 7.55. The minimum atomic E-state index is -1.17. The van der Waals surface area contributed by atoms with Crippen molar-refractivity contribution in [2.45, 2.75) is 0 Å². The molecule has 0 aliphatic carbocycles. The maximum atomic E-state index is 12.1. The normalized spacial score (nSPS) is 9.96. The average Bonchev–Trinajstić information content (AvgIpc) is 2.64. The fraction of sp³-hybridized carbons (Fsp3) is 0.167. The highest BCUT2D eigenvalue weighted by Gasteiger charge is 2.15. The molecule has 0 fully saturated rings. The van der Waals surface area contributed by atoms with Crippen molar-refractivity contribution < 1.29 is 24.2 Å². The van der Waals surface area contributed by atoms with Crippen LogP contribution in [0.25, 0.3) is 0 Å². The molecule has 0 bridgehead atoms. The van der Waals surface area contributed by atoms with Crippen LogP contribution in [0.4, 0.5) is 0 Å². The number of carbonyl (C=O) groups excluding carboxylic acids is 2. The number of hydrogen-bond donors (Lipinski definition) is 3. The lowest BCUT2D eigenvalue weighted by atomic mass is 10.1. The van der Waals surface area contributed by atoms with Crippen LogP contribution in [-0.4, -0.2) is 43.1 Å². The van der Waals surface area contributed by atoms with Crippen molar-refractivity contribution in [3.05, 3.63) is 65.2 Å². The molecule has 2 amide bonds. The van der Waals surface area contributed by atoms with Crippen LogP contribution in [0.1, 0.15) is 31.1 Å². The first-order valence-corrected chi connectivity index (χ1v) is 7.55. The van der Waals surface area contributed by atoms with E-state index >= 15 is 0 Å². The summed E-state index contributed by atoms with van der Waals surface area (Å²) in [4.78, 5) is 35.1. The molecule has 0 heterocycles. The number of aromatic carboxylic acids is 1. The molecule has 2 aromatic rings. The van der Waals surface area contributed by atoms with E-state index < -0.39 is 11.9 Å². The summed E-state index contributed by atoms with van der Waals surface area (Å²) in [5, 5.41) is 14.3. The number of carbonyl (C=O) groups is 3. The minimum Gasteiger partial charge on any atom is -0.497 e. The molecule has 0 saturated carbocycles. The van der Waals surface area contributed by atoms with Gasteiger partial charge in [0.15, 0.2) is 0 Å². The maximum absolute atomic E-state index is 12.1. The van der Waals surface area contributed by atoms with E-state index in [2.05, 4.69) is 10.6 Å². The largest absolute Gasteiger partial charge is 0.497 e. The lowest BCUT2D eigenvalue weighted by Crippen LogP contribution is -2.35. The van der Waals surface area contributed by atoms with Gasteiger partial charge in [0.2, 0.25) is 0 Å². The number of nitrogens with one attached hydrogen (secondary N) is 2. The summed E-state index contributed by atoms with van der Waals surface area (Å²) >= 11 is 0. The zero-order valence-electron chi connectivity index (χ0n) is 13.6. The zero-order valence-corrected chi connectivity index (χ0v) is 13.6. The smallest absolute Gasteiger partial charge is 0.336 e. The van der Waals surface area contributed by atoms with E-state index in [1.54, 1.807) is 43.5 Å². The molecule has 25 heavy (non-hydrogen) atoms. The molecule has 2 rings (SSSR count). The number of ether oxygens (including phenoxy) is 1. The van der Waals surface area contributed by atoms with Crippen LogP contribution in [0.2, 0.25) is 0 Å². The Balaban J connectivity index is 1.83. The monoisotopic (exact) mass is 342 g/mol. The fourth-order valence-corrected chi connectivity index (χ4v) is 2.16. The maximum Gasteiger partial charge on any atom is 0.336 e. The second-order valence-electron chi connectivity index (χ2n) is 5.09. The first-order chi connectivity index (χ1) is 12.0. The summed E-state index contributed by atoms with van der Waals surface area (Å²) in [6.07, 6.45) is 0. The molecule has 0 radical (unpaired) electrons. The van der Waals surface area contributed by atoms with Crippen molar-refractivity contribution in [2.24, 2.45) is 0 Å². The van der Waals surface area contributed by atoms with Crippen molar-refractivity contribution >= 4 is 17.8 Å². The second-order valence-corrected chi connectivity index (χ2v) is 5.09. The van der Waals surface area contributed by atoms with E-state index in [-0.39, 0.29) is 30.1 Å². The SMILES string of the molecule is COc1ccc(C(=O)NCCNC(=O)c2ccccc2C(=O)O)cc1. The molecule has 0 spiro atoms. The van der Waals surface area contributed by atoms with E-state index in [4.69, 9.17) is 9.84 Å². The van der Waals surface area contributed by atoms with Gasteiger partial charge in [-0.2, -0.15) is 0 Å². The summed E-state index contributed by atoms with van der Waals surface area (Å²) in [6, 6.07) is 12.6. The number of rotatable bonds is 7. The molecule has 0 unspecified atom stereocenters. The molecule has 0 saturated heterocycles. The number of hydrogen-bond acceptors (Lipinski definition) is 4. The Bertz CT molecular complexity index is 771. The Morgan fingerprint density at radius 3 is 2.00 bits per heavy atom. The predicted molar refractivity (Wildman–Crippen MR) is 91.1 cm³/mol. The van der Waals surface area contributed by atoms with Crippen LogP contribution in [0.5, 0.6) is 5.75 Å². The average molecular weight is 342 g/mol. The molecule has 3 N–H and O–H groups in total. The molecule has 0 aliphatic rings. The van der Waals surface area contributed by atoms with Crippen molar-refractivity contribution in [3.63, 3.8) is 0 Å². The van der Waals surface area contributed by atoms with Crippen LogP contribution in [0.15, 0.2) is 48.5 Å². The highest BCUT2D eigenvalue weighted by molar-refractivity contribution is 6.04. The van der Waals surface area contributed by atoms with E-state index in [1.807, 2.05) is 0 Å². The molecule has 0 aliphatic heterocycles. The second kappa shape index (κ2) is 8.49. The number of methoxy groups -OCH3 is 1. The Morgan fingerprint density at radius 2 is 1.44 bits per heavy atom. The van der Waals surface area contributed by atoms with Crippen molar-refractivity contribution in [3.8, 4) is 5.75 Å². The third-order valence-electron chi connectivity index (χ3n) is 3.45. The lowest BCUT2D eigenvalue weighted by molar-refractivity contribution is 0.0691. The van der Waals surface area contributed by atoms with Crippen LogP contribution in [0, 0.1) is 0 Å². The van der Waals surface area contributed by atoms with Crippen molar-refractivity contribution in [2.75, 3.05) is 20.2 Å². The Hall–Kier alpha value is -3.35. The van der Waals surface area contributed by atoms with Crippen molar-refractivity contribution in [1.82, 2.24) is 10.6 Å². The number of carboxylic acids is 1. The molecule has 0 aromatic heterocycles. The lowest BCUT2D eigenvalue weighted by Gasteiger charge is -2.09. The van der Waals surface area contributed by atoms with E-state index in [9.17, 15) is 14.4 Å². The van der Waals surface area contributed by atoms with Crippen LogP contribution in [-0.2, 0) is 0 Å². The van der Waals surface area contributed by atoms with Crippen LogP contribution >= 0.6 is 0 Å². The first kappa shape index (κ1) is 18.0. The summed E-state index contributed by atoms with van der Waals surface area (Å²) < 4.78 is 5.02. The number of carboxylic acid groups (broad SMARTS) is 1. The molecular formula is C18H18N2O5. The number of benzene rings is 2. The van der Waals surface area contributed by atoms with Gasteiger partial charge in [-0.15, -0.1) is 0 Å². The Kier molecular flexibility index (Phi) is 6.11. The van der Waals surface area contributed by atoms with Gasteiger partial charge < -0.3 is 20.5 Å². The van der Waals surface area contributed by atoms with Crippen LogP contribution < -0.4 is 15.4 Å². The van der Waals surface area contributed by atoms with E-state index in [1.165, 1.54) is 12.1 Å². The predicted octanol–water partition coefficient (Wildman–Crippen LogP) is 1.55. The van der Waals surface area contributed by atoms with Gasteiger partial charge in [-0.25, -0.2) is 4.79 Å². The fourth-order valence-electron chi connectivity index (χ4n) is 2.16. The highest BCUT2D eigenvalue weighted by atomic mass is 16.5. The number of amides is 2. The third kappa shape index (κ3) is 4.81. The van der Waals surface area contributed by atoms with Gasteiger partial charge in [0, 0.05) is 18.7 Å². The van der Waals surface area contributed by atoms with Gasteiger partial charge >= 0.3 is 5.97 Å². The molecule has 2 aromatic carbocycles. The summed E-state index contributed by atoms with van der Waals surface area (Å²) in [5.74, 6) is -1.29. The van der Waals surface area contributed by atoms with Crippen LogP contribution in [0.3, 0.4) is 0 Å². The Labute approximate surface area is 144 Å². The Morgan fingerprint density at radius 1 is 0.880 bits per heavy atom. The molecule has 7 nitrogen and oxygen atoms in total. The van der Waals surface area contributed by atoms with Gasteiger partial charge in [-0.3, -0.25) is 9.59 Å². The summed E-state index contributed by atoms with van der Waals surface area (Å²) in [6.45, 7) is 0.389. The van der Waals surface area contributed by atoms with Gasteiger partial charge in [-0.05, 0) is 36.4 Å². The molecule has 0 atom stereocenters. The van der Waals surface area contributed by atoms with Gasteiger partial charge in [0.1, 0.15) is 5.75 Å². The van der Waals surface area contributed by atoms with E-state index in [0.717, 1.165) is 0 Å². The zero-order chi connectivity index (χ0) is 18.2. The van der Waals surface area contributed by atoms with Crippen molar-refractivity contribution in [1.29, 1.82) is 0 Å². The van der Waals surface area contributed by atoms with E-state index in [0.29, 0.717) is 11.3 Å². The summed E-state index contributed by atoms with van der Waals surface area (Å²) in [7, 11) is 1.54. The topological polar surface area (TPSA) is 105 Å². The quantitative estimate of drug-likeness (QED) is 0.662. The molecule has 130 valence electrons. The van der Waals surface area contributed by atoms with Gasteiger partial charge in [0.05, 0.1) is 18.2 Å². The molecule has 7 heteroatoms. The van der Waals surface area contributed by atoms with Gasteiger partial charge in [0.25, 0.3) is 11.8 Å².